The first-order valence-electron chi connectivity index (χ1n) is 6.28. The predicted octanol–water partition coefficient (Wildman–Crippen LogP) is 1.78. The van der Waals surface area contributed by atoms with E-state index in [1.165, 1.54) is 0 Å². The van der Waals surface area contributed by atoms with E-state index in [1.54, 1.807) is 24.8 Å². The first-order valence-corrected chi connectivity index (χ1v) is 6.28. The molecule has 0 aliphatic carbocycles. The summed E-state index contributed by atoms with van der Waals surface area (Å²) in [5.41, 5.74) is 2.87. The molecule has 0 saturated heterocycles. The topological polar surface area (TPSA) is 96.1 Å². The Labute approximate surface area is 118 Å². The van der Waals surface area contributed by atoms with Crippen molar-refractivity contribution < 1.29 is 0 Å². The quantitative estimate of drug-likeness (QED) is 0.571. The molecular formula is C14H9N7. The van der Waals surface area contributed by atoms with Gasteiger partial charge in [0, 0.05) is 29.6 Å². The zero-order valence-electron chi connectivity index (χ0n) is 11.1. The van der Waals surface area contributed by atoms with Crippen molar-refractivity contribution in [3.05, 3.63) is 36.5 Å². The van der Waals surface area contributed by atoms with Gasteiger partial charge in [-0.3, -0.25) is 0 Å². The fraction of sp³-hybridized carbons (Fsp3) is 0.0714. The third kappa shape index (κ3) is 1.66. The van der Waals surface area contributed by atoms with Crippen molar-refractivity contribution in [3.8, 4) is 17.5 Å². The molecule has 7 nitrogen and oxygen atoms in total. The average Bonchev–Trinajstić information content (AvgIpc) is 3.09. The Morgan fingerprint density at radius 1 is 1.19 bits per heavy atom. The highest BCUT2D eigenvalue weighted by Crippen LogP contribution is 2.27. The molecule has 4 heterocycles. The zero-order chi connectivity index (χ0) is 14.4. The fourth-order valence-corrected chi connectivity index (χ4v) is 2.40. The molecule has 0 aliphatic heterocycles. The number of hydrogen-bond donors (Lipinski definition) is 1. The van der Waals surface area contributed by atoms with Gasteiger partial charge in [0.25, 0.3) is 0 Å². The van der Waals surface area contributed by atoms with Gasteiger partial charge in [0.2, 0.25) is 0 Å². The second-order valence-electron chi connectivity index (χ2n) is 4.74. The Balaban J connectivity index is 2.04. The fourth-order valence-electron chi connectivity index (χ4n) is 2.40. The van der Waals surface area contributed by atoms with E-state index in [2.05, 4.69) is 31.2 Å². The van der Waals surface area contributed by atoms with Crippen molar-refractivity contribution in [2.45, 2.75) is 0 Å². The van der Waals surface area contributed by atoms with Gasteiger partial charge in [-0.2, -0.15) is 5.26 Å². The normalized spacial score (nSPS) is 11.0. The standard InChI is InChI=1S/C14H9N7/c1-21-7-18-20-14(21)8-2-11-10-3-9(4-15)16-6-12(10)19-13(11)17-5-8/h2-3,5-7H,1H3,(H,17,19). The summed E-state index contributed by atoms with van der Waals surface area (Å²) < 4.78 is 1.83. The summed E-state index contributed by atoms with van der Waals surface area (Å²) in [5.74, 6) is 0.744. The Bertz CT molecular complexity index is 1020. The summed E-state index contributed by atoms with van der Waals surface area (Å²) in [7, 11) is 1.88. The van der Waals surface area contributed by atoms with Gasteiger partial charge in [0.05, 0.1) is 11.7 Å². The maximum absolute atomic E-state index is 8.99. The largest absolute Gasteiger partial charge is 0.338 e. The molecule has 4 rings (SSSR count). The first kappa shape index (κ1) is 11.5. The van der Waals surface area contributed by atoms with Gasteiger partial charge >= 0.3 is 0 Å². The summed E-state index contributed by atoms with van der Waals surface area (Å²) in [4.78, 5) is 11.7. The third-order valence-corrected chi connectivity index (χ3v) is 3.42. The monoisotopic (exact) mass is 275 g/mol. The molecule has 1 N–H and O–H groups in total. The Morgan fingerprint density at radius 2 is 2.10 bits per heavy atom. The van der Waals surface area contributed by atoms with E-state index in [0.717, 1.165) is 33.3 Å². The van der Waals surface area contributed by atoms with Gasteiger partial charge < -0.3 is 9.55 Å². The van der Waals surface area contributed by atoms with Gasteiger partial charge in [-0.1, -0.05) is 0 Å². The van der Waals surface area contributed by atoms with Crippen LogP contribution in [-0.4, -0.2) is 29.7 Å². The van der Waals surface area contributed by atoms with Crippen LogP contribution in [-0.2, 0) is 7.05 Å². The number of nitrogens with zero attached hydrogens (tertiary/aromatic N) is 6. The number of aromatic amines is 1. The maximum Gasteiger partial charge on any atom is 0.165 e. The predicted molar refractivity (Wildman–Crippen MR) is 76.1 cm³/mol. The molecule has 0 amide bonds. The maximum atomic E-state index is 8.99. The number of aryl methyl sites for hydroxylation is 1. The van der Waals surface area contributed by atoms with Crippen LogP contribution in [0.15, 0.2) is 30.9 Å². The molecule has 4 aromatic rings. The van der Waals surface area contributed by atoms with Crippen molar-refractivity contribution in [2.75, 3.05) is 0 Å². The van der Waals surface area contributed by atoms with Gasteiger partial charge in [0.15, 0.2) is 5.82 Å². The van der Waals surface area contributed by atoms with Crippen LogP contribution in [0.3, 0.4) is 0 Å². The molecule has 7 heteroatoms. The average molecular weight is 275 g/mol. The Morgan fingerprint density at radius 3 is 2.86 bits per heavy atom. The van der Waals surface area contributed by atoms with Crippen molar-refractivity contribution in [3.63, 3.8) is 0 Å². The lowest BCUT2D eigenvalue weighted by Crippen LogP contribution is -1.91. The lowest BCUT2D eigenvalue weighted by molar-refractivity contribution is 0.919. The SMILES string of the molecule is Cn1cnnc1-c1cnc2[nH]c3cnc(C#N)cc3c2c1. The molecule has 21 heavy (non-hydrogen) atoms. The number of aromatic nitrogens is 6. The van der Waals surface area contributed by atoms with Crippen LogP contribution in [0.5, 0.6) is 0 Å². The number of H-pyrrole nitrogens is 1. The third-order valence-electron chi connectivity index (χ3n) is 3.42. The van der Waals surface area contributed by atoms with E-state index >= 15 is 0 Å². The van der Waals surface area contributed by atoms with E-state index in [0.29, 0.717) is 5.69 Å². The lowest BCUT2D eigenvalue weighted by atomic mass is 10.1. The van der Waals surface area contributed by atoms with Crippen LogP contribution >= 0.6 is 0 Å². The van der Waals surface area contributed by atoms with Crippen LogP contribution in [0.25, 0.3) is 33.3 Å². The number of nitriles is 1. The van der Waals surface area contributed by atoms with E-state index < -0.39 is 0 Å². The highest BCUT2D eigenvalue weighted by Gasteiger charge is 2.11. The van der Waals surface area contributed by atoms with E-state index in [1.807, 2.05) is 17.7 Å². The number of fused-ring (bicyclic) bond motifs is 3. The molecule has 0 aliphatic rings. The van der Waals surface area contributed by atoms with Crippen LogP contribution in [0.1, 0.15) is 5.69 Å². The molecule has 0 spiro atoms. The second kappa shape index (κ2) is 4.11. The second-order valence-corrected chi connectivity index (χ2v) is 4.74. The van der Waals surface area contributed by atoms with Crippen LogP contribution in [0.4, 0.5) is 0 Å². The smallest absolute Gasteiger partial charge is 0.165 e. The van der Waals surface area contributed by atoms with Gasteiger partial charge in [-0.25, -0.2) is 9.97 Å². The minimum Gasteiger partial charge on any atom is -0.338 e. The van der Waals surface area contributed by atoms with Crippen molar-refractivity contribution >= 4 is 21.9 Å². The van der Waals surface area contributed by atoms with E-state index in [-0.39, 0.29) is 0 Å². The molecule has 4 aromatic heterocycles. The number of hydrogen-bond acceptors (Lipinski definition) is 5. The molecule has 0 bridgehead atoms. The molecule has 100 valence electrons. The minimum absolute atomic E-state index is 0.382. The highest BCUT2D eigenvalue weighted by molar-refractivity contribution is 6.06. The van der Waals surface area contributed by atoms with Gasteiger partial charge in [-0.15, -0.1) is 10.2 Å². The Hall–Kier alpha value is -3.27. The molecule has 0 unspecified atom stereocenters. The van der Waals surface area contributed by atoms with Crippen LogP contribution < -0.4 is 0 Å². The van der Waals surface area contributed by atoms with Gasteiger partial charge in [-0.05, 0) is 12.1 Å². The van der Waals surface area contributed by atoms with Crippen molar-refractivity contribution in [1.82, 2.24) is 29.7 Å². The van der Waals surface area contributed by atoms with Crippen molar-refractivity contribution in [1.29, 1.82) is 5.26 Å². The van der Waals surface area contributed by atoms with Crippen LogP contribution in [0.2, 0.25) is 0 Å². The van der Waals surface area contributed by atoms with Crippen LogP contribution in [0, 0.1) is 11.3 Å². The molecule has 0 radical (unpaired) electrons. The minimum atomic E-state index is 0.382. The summed E-state index contributed by atoms with van der Waals surface area (Å²) >= 11 is 0. The van der Waals surface area contributed by atoms with E-state index in [9.17, 15) is 0 Å². The number of pyridine rings is 2. The first-order chi connectivity index (χ1) is 10.3. The Kier molecular flexibility index (Phi) is 2.26. The zero-order valence-corrected chi connectivity index (χ0v) is 11.1. The molecular weight excluding hydrogens is 266 g/mol. The highest BCUT2D eigenvalue weighted by atomic mass is 15.2. The molecule has 0 atom stereocenters. The molecule has 0 fully saturated rings. The summed E-state index contributed by atoms with van der Waals surface area (Å²) in [6.45, 7) is 0. The lowest BCUT2D eigenvalue weighted by Gasteiger charge is -2.00. The summed E-state index contributed by atoms with van der Waals surface area (Å²) in [6.07, 6.45) is 5.05. The molecule has 0 aromatic carbocycles. The van der Waals surface area contributed by atoms with Gasteiger partial charge in [0.1, 0.15) is 23.7 Å². The number of rotatable bonds is 1. The molecule has 0 saturated carbocycles. The van der Waals surface area contributed by atoms with E-state index in [4.69, 9.17) is 5.26 Å². The summed E-state index contributed by atoms with van der Waals surface area (Å²) in [6, 6.07) is 5.81. The number of nitrogens with one attached hydrogen (secondary N) is 1. The van der Waals surface area contributed by atoms with Crippen molar-refractivity contribution in [2.24, 2.45) is 7.05 Å². The summed E-state index contributed by atoms with van der Waals surface area (Å²) in [5, 5.41) is 18.8.